The zero-order valence-corrected chi connectivity index (χ0v) is 21.3. The topological polar surface area (TPSA) is 116 Å². The van der Waals surface area contributed by atoms with Gasteiger partial charge in [0.1, 0.15) is 29.9 Å². The summed E-state index contributed by atoms with van der Waals surface area (Å²) < 4.78 is 109. The van der Waals surface area contributed by atoms with Crippen LogP contribution in [0.4, 0.5) is 26.3 Å². The van der Waals surface area contributed by atoms with Gasteiger partial charge in [-0.2, -0.15) is 22.7 Å². The highest BCUT2D eigenvalue weighted by Crippen LogP contribution is 2.34. The van der Waals surface area contributed by atoms with Crippen molar-refractivity contribution in [1.29, 1.82) is 5.26 Å². The second kappa shape index (κ2) is 10.9. The molecule has 1 aliphatic rings. The van der Waals surface area contributed by atoms with Crippen molar-refractivity contribution in [3.05, 3.63) is 77.2 Å². The number of carbonyl (C=O) groups is 1. The molecule has 1 saturated heterocycles. The molecule has 3 aromatic rings. The fourth-order valence-corrected chi connectivity index (χ4v) is 6.09. The van der Waals surface area contributed by atoms with Crippen molar-refractivity contribution in [2.24, 2.45) is 0 Å². The fourth-order valence-electron chi connectivity index (χ4n) is 4.28. The molecule has 1 aromatic carbocycles. The lowest BCUT2D eigenvalue weighted by molar-refractivity contribution is -0.141. The van der Waals surface area contributed by atoms with Crippen LogP contribution in [0, 0.1) is 23.0 Å². The standard InChI is InChI=1S/C25H19F6N5O3S.H2/c1-13-19(27)8-22(36(13)40(38,39)18-4-2-17(26)3-5-18)24(37)35-10-15-7-21(33-12-20(15)28)16-6-14(9-32)23(34-11-16)25(29,30)31;/h2-7,11-13,19,22H,8,10H2,1H3,(H,35,37);1H/t13-,19+,22-;/m0./s1. The van der Waals surface area contributed by atoms with Gasteiger partial charge in [-0.25, -0.2) is 26.6 Å². The van der Waals surface area contributed by atoms with Gasteiger partial charge in [-0.1, -0.05) is 0 Å². The maximum absolute atomic E-state index is 14.6. The van der Waals surface area contributed by atoms with Crippen LogP contribution in [-0.4, -0.2) is 46.9 Å². The van der Waals surface area contributed by atoms with Crippen molar-refractivity contribution < 1.29 is 41.0 Å². The van der Waals surface area contributed by atoms with Gasteiger partial charge in [-0.15, -0.1) is 0 Å². The van der Waals surface area contributed by atoms with Crippen LogP contribution in [0.25, 0.3) is 11.3 Å². The highest BCUT2D eigenvalue weighted by molar-refractivity contribution is 7.89. The molecule has 212 valence electrons. The monoisotopic (exact) mass is 585 g/mol. The highest BCUT2D eigenvalue weighted by atomic mass is 32.2. The van der Waals surface area contributed by atoms with Crippen molar-refractivity contribution >= 4 is 15.9 Å². The van der Waals surface area contributed by atoms with Crippen LogP contribution in [0.15, 0.2) is 53.7 Å². The van der Waals surface area contributed by atoms with Crippen molar-refractivity contribution in [2.45, 2.75) is 49.2 Å². The van der Waals surface area contributed by atoms with Crippen molar-refractivity contribution in [3.63, 3.8) is 0 Å². The van der Waals surface area contributed by atoms with Gasteiger partial charge in [0, 0.05) is 31.7 Å². The van der Waals surface area contributed by atoms with E-state index in [0.717, 1.165) is 48.8 Å². The minimum Gasteiger partial charge on any atom is -0.351 e. The van der Waals surface area contributed by atoms with Crippen LogP contribution in [0.1, 0.15) is 31.6 Å². The molecule has 0 spiro atoms. The summed E-state index contributed by atoms with van der Waals surface area (Å²) in [7, 11) is -4.42. The minimum absolute atomic E-state index is 0. The van der Waals surface area contributed by atoms with E-state index in [1.54, 1.807) is 0 Å². The lowest BCUT2D eigenvalue weighted by Crippen LogP contribution is -2.48. The molecule has 1 amide bonds. The molecule has 1 aliphatic heterocycles. The second-order valence-electron chi connectivity index (χ2n) is 8.91. The first kappa shape index (κ1) is 29.0. The van der Waals surface area contributed by atoms with Crippen LogP contribution < -0.4 is 5.32 Å². The van der Waals surface area contributed by atoms with E-state index in [9.17, 15) is 39.6 Å². The summed E-state index contributed by atoms with van der Waals surface area (Å²) in [5.74, 6) is -2.53. The molecule has 1 N–H and O–H groups in total. The Hall–Kier alpha value is -4.03. The molecule has 0 unspecified atom stereocenters. The lowest BCUT2D eigenvalue weighted by atomic mass is 10.1. The zero-order valence-electron chi connectivity index (χ0n) is 20.5. The Labute approximate surface area is 225 Å². The number of sulfonamides is 1. The maximum atomic E-state index is 14.6. The number of nitrogens with zero attached hydrogens (tertiary/aromatic N) is 4. The van der Waals surface area contributed by atoms with E-state index >= 15 is 0 Å². The summed E-state index contributed by atoms with van der Waals surface area (Å²) >= 11 is 0. The Morgan fingerprint density at radius 2 is 1.85 bits per heavy atom. The van der Waals surface area contributed by atoms with Gasteiger partial charge in [0.25, 0.3) is 0 Å². The van der Waals surface area contributed by atoms with Crippen LogP contribution >= 0.6 is 0 Å². The number of rotatable bonds is 6. The number of aromatic nitrogens is 2. The first-order valence-electron chi connectivity index (χ1n) is 11.6. The molecule has 4 rings (SSSR count). The number of alkyl halides is 4. The molecule has 0 saturated carbocycles. The summed E-state index contributed by atoms with van der Waals surface area (Å²) in [6, 6.07) is 4.47. The number of halogens is 6. The first-order chi connectivity index (χ1) is 18.7. The smallest absolute Gasteiger partial charge is 0.351 e. The summed E-state index contributed by atoms with van der Waals surface area (Å²) in [6.07, 6.45) is -5.49. The zero-order chi connectivity index (χ0) is 29.4. The van der Waals surface area contributed by atoms with Crippen LogP contribution in [0.3, 0.4) is 0 Å². The highest BCUT2D eigenvalue weighted by Gasteiger charge is 2.49. The Morgan fingerprint density at radius 1 is 1.18 bits per heavy atom. The van der Waals surface area contributed by atoms with Gasteiger partial charge in [0.2, 0.25) is 15.9 Å². The number of benzene rings is 1. The average Bonchev–Trinajstić information content (AvgIpc) is 3.22. The van der Waals surface area contributed by atoms with E-state index < -0.39 is 76.2 Å². The summed E-state index contributed by atoms with van der Waals surface area (Å²) in [6.45, 7) is 0.771. The largest absolute Gasteiger partial charge is 0.434 e. The van der Waals surface area contributed by atoms with Gasteiger partial charge >= 0.3 is 6.18 Å². The summed E-state index contributed by atoms with van der Waals surface area (Å²) in [4.78, 5) is 19.7. The van der Waals surface area contributed by atoms with E-state index in [0.29, 0.717) is 4.31 Å². The van der Waals surface area contributed by atoms with Crippen molar-refractivity contribution in [1.82, 2.24) is 19.6 Å². The minimum atomic E-state index is -4.87. The number of hydrogen-bond donors (Lipinski definition) is 1. The third-order valence-electron chi connectivity index (χ3n) is 6.33. The molecule has 2 aromatic heterocycles. The average molecular weight is 586 g/mol. The van der Waals surface area contributed by atoms with Gasteiger partial charge < -0.3 is 5.32 Å². The third kappa shape index (κ3) is 5.63. The maximum Gasteiger partial charge on any atom is 0.434 e. The number of nitrogens with one attached hydrogen (secondary N) is 1. The van der Waals surface area contributed by atoms with Crippen molar-refractivity contribution in [2.75, 3.05) is 0 Å². The summed E-state index contributed by atoms with van der Waals surface area (Å²) in [5, 5.41) is 11.5. The molecule has 8 nitrogen and oxygen atoms in total. The van der Waals surface area contributed by atoms with E-state index in [-0.39, 0.29) is 23.1 Å². The van der Waals surface area contributed by atoms with E-state index in [1.165, 1.54) is 13.0 Å². The Balaban J connectivity index is 0.00000462. The van der Waals surface area contributed by atoms with E-state index in [4.69, 9.17) is 5.26 Å². The SMILES string of the molecule is C[C@H]1[C@H](F)C[C@@H](C(=O)NCc2cc(-c3cnc(C(F)(F)F)c(C#N)c3)ncc2F)N1S(=O)(=O)c1ccc(F)cc1.[HH]. The molecular formula is C25H21F6N5O3S. The molecule has 1 fully saturated rings. The quantitative estimate of drug-likeness (QED) is 0.430. The molecule has 40 heavy (non-hydrogen) atoms. The van der Waals surface area contributed by atoms with Crippen molar-refractivity contribution in [3.8, 4) is 17.3 Å². The molecule has 15 heteroatoms. The van der Waals surface area contributed by atoms with Crippen LogP contribution in [0.2, 0.25) is 0 Å². The lowest BCUT2D eigenvalue weighted by Gasteiger charge is -2.27. The molecule has 0 bridgehead atoms. The predicted molar refractivity (Wildman–Crippen MR) is 129 cm³/mol. The van der Waals surface area contributed by atoms with Gasteiger partial charge in [-0.05, 0) is 43.3 Å². The molecular weight excluding hydrogens is 564 g/mol. The molecule has 3 heterocycles. The Bertz CT molecular complexity index is 1600. The number of pyridine rings is 2. The van der Waals surface area contributed by atoms with E-state index in [2.05, 4.69) is 15.3 Å². The van der Waals surface area contributed by atoms with Gasteiger partial charge in [0.15, 0.2) is 5.69 Å². The molecule has 0 radical (unpaired) electrons. The molecule has 0 aliphatic carbocycles. The number of nitriles is 1. The third-order valence-corrected chi connectivity index (χ3v) is 8.34. The van der Waals surface area contributed by atoms with Gasteiger partial charge in [-0.3, -0.25) is 9.78 Å². The number of amides is 1. The molecule has 3 atom stereocenters. The number of hydrogen-bond acceptors (Lipinski definition) is 6. The normalized spacial score (nSPS) is 19.8. The van der Waals surface area contributed by atoms with Crippen LogP contribution in [-0.2, 0) is 27.5 Å². The Morgan fingerprint density at radius 3 is 2.48 bits per heavy atom. The van der Waals surface area contributed by atoms with E-state index in [1.807, 2.05) is 0 Å². The number of carbonyl (C=O) groups excluding carboxylic acids is 1. The Kier molecular flexibility index (Phi) is 7.86. The second-order valence-corrected chi connectivity index (χ2v) is 10.7. The predicted octanol–water partition coefficient (Wildman–Crippen LogP) is 4.36. The fraction of sp³-hybridized carbons (Fsp3) is 0.280. The van der Waals surface area contributed by atoms with Crippen LogP contribution in [0.5, 0.6) is 0 Å². The first-order valence-corrected chi connectivity index (χ1v) is 13.0. The summed E-state index contributed by atoms with van der Waals surface area (Å²) in [5.41, 5.74) is -2.43. The van der Waals surface area contributed by atoms with Gasteiger partial charge in [0.05, 0.1) is 28.4 Å².